The van der Waals surface area contributed by atoms with Gasteiger partial charge in [0, 0.05) is 18.2 Å². The molecular weight excluding hydrogens is 282 g/mol. The lowest BCUT2D eigenvalue weighted by molar-refractivity contribution is -0.117. The van der Waals surface area contributed by atoms with Crippen LogP contribution in [-0.4, -0.2) is 35.9 Å². The van der Waals surface area contributed by atoms with Gasteiger partial charge in [-0.3, -0.25) is 9.48 Å². The van der Waals surface area contributed by atoms with Crippen molar-refractivity contribution in [1.82, 2.24) is 30.0 Å². The molecule has 1 amide bonds. The number of hydrogen-bond acceptors (Lipinski definition) is 5. The van der Waals surface area contributed by atoms with Gasteiger partial charge in [-0.15, -0.1) is 5.10 Å². The minimum atomic E-state index is -0.210. The number of carbonyl (C=O) groups excluding carboxylic acids is 1. The second-order valence-electron chi connectivity index (χ2n) is 4.87. The van der Waals surface area contributed by atoms with Crippen LogP contribution in [0.1, 0.15) is 5.56 Å². The smallest absolute Gasteiger partial charge is 0.247 e. The van der Waals surface area contributed by atoms with Gasteiger partial charge in [0.05, 0.1) is 5.69 Å². The molecule has 2 heterocycles. The van der Waals surface area contributed by atoms with Crippen LogP contribution in [0.3, 0.4) is 0 Å². The van der Waals surface area contributed by atoms with Gasteiger partial charge >= 0.3 is 0 Å². The maximum absolute atomic E-state index is 12.1. The molecule has 0 aliphatic heterocycles. The van der Waals surface area contributed by atoms with Crippen molar-refractivity contribution >= 4 is 11.7 Å². The second kappa shape index (κ2) is 5.76. The molecule has 112 valence electrons. The summed E-state index contributed by atoms with van der Waals surface area (Å²) < 4.78 is 3.02. The number of hydrogen-bond donors (Lipinski definition) is 1. The second-order valence-corrected chi connectivity index (χ2v) is 4.87. The zero-order chi connectivity index (χ0) is 15.5. The number of carbonyl (C=O) groups is 1. The molecule has 0 radical (unpaired) electrons. The minimum absolute atomic E-state index is 0.0539. The van der Waals surface area contributed by atoms with Gasteiger partial charge in [-0.25, -0.2) is 4.68 Å². The molecule has 0 atom stereocenters. The van der Waals surface area contributed by atoms with Gasteiger partial charge < -0.3 is 5.32 Å². The normalized spacial score (nSPS) is 10.6. The third-order valence-corrected chi connectivity index (χ3v) is 3.29. The van der Waals surface area contributed by atoms with Crippen LogP contribution in [0.4, 0.5) is 5.82 Å². The van der Waals surface area contributed by atoms with E-state index >= 15 is 0 Å². The molecule has 0 spiro atoms. The van der Waals surface area contributed by atoms with E-state index in [2.05, 4.69) is 25.9 Å². The Morgan fingerprint density at radius 1 is 1.27 bits per heavy atom. The molecule has 2 aromatic heterocycles. The Morgan fingerprint density at radius 3 is 2.73 bits per heavy atom. The van der Waals surface area contributed by atoms with E-state index in [1.54, 1.807) is 11.7 Å². The maximum atomic E-state index is 12.1. The summed E-state index contributed by atoms with van der Waals surface area (Å²) in [7, 11) is 1.80. The molecule has 8 nitrogen and oxygen atoms in total. The molecule has 0 aliphatic rings. The maximum Gasteiger partial charge on any atom is 0.247 e. The Labute approximate surface area is 126 Å². The molecular formula is C14H15N7O. The first kappa shape index (κ1) is 13.9. The van der Waals surface area contributed by atoms with Crippen molar-refractivity contribution in [3.63, 3.8) is 0 Å². The van der Waals surface area contributed by atoms with Crippen LogP contribution >= 0.6 is 0 Å². The Bertz CT molecular complexity index is 777. The third kappa shape index (κ3) is 2.71. The summed E-state index contributed by atoms with van der Waals surface area (Å²) in [6.45, 7) is 1.99. The van der Waals surface area contributed by atoms with Crippen LogP contribution in [0, 0.1) is 6.92 Å². The zero-order valence-electron chi connectivity index (χ0n) is 12.3. The standard InChI is InChI=1S/C14H15N7O/c1-10-13(11-6-4-3-5-7-11)17-20(2)14(10)16-12(22)8-21-9-15-18-19-21/h3-7,9H,8H2,1-2H3,(H,16,22). The van der Waals surface area contributed by atoms with Gasteiger partial charge in [0.2, 0.25) is 5.91 Å². The molecule has 22 heavy (non-hydrogen) atoms. The van der Waals surface area contributed by atoms with Crippen molar-refractivity contribution in [2.24, 2.45) is 7.05 Å². The third-order valence-electron chi connectivity index (χ3n) is 3.29. The summed E-state index contributed by atoms with van der Waals surface area (Å²) in [6.07, 6.45) is 1.39. The number of tetrazole rings is 1. The first-order chi connectivity index (χ1) is 10.6. The number of nitrogens with zero attached hydrogens (tertiary/aromatic N) is 6. The van der Waals surface area contributed by atoms with Gasteiger partial charge in [-0.05, 0) is 17.4 Å². The fourth-order valence-electron chi connectivity index (χ4n) is 2.25. The average molecular weight is 297 g/mol. The van der Waals surface area contributed by atoms with Crippen molar-refractivity contribution in [1.29, 1.82) is 0 Å². The lowest BCUT2D eigenvalue weighted by Gasteiger charge is -2.06. The van der Waals surface area contributed by atoms with Gasteiger partial charge in [0.25, 0.3) is 0 Å². The number of aryl methyl sites for hydroxylation is 1. The van der Waals surface area contributed by atoms with E-state index in [-0.39, 0.29) is 12.5 Å². The van der Waals surface area contributed by atoms with Crippen LogP contribution < -0.4 is 5.32 Å². The monoisotopic (exact) mass is 297 g/mol. The molecule has 1 N–H and O–H groups in total. The van der Waals surface area contributed by atoms with Crippen LogP contribution in [0.15, 0.2) is 36.7 Å². The van der Waals surface area contributed by atoms with Crippen molar-refractivity contribution < 1.29 is 4.79 Å². The average Bonchev–Trinajstić information content (AvgIpc) is 3.11. The highest BCUT2D eigenvalue weighted by Crippen LogP contribution is 2.27. The fourth-order valence-corrected chi connectivity index (χ4v) is 2.25. The summed E-state index contributed by atoms with van der Waals surface area (Å²) in [6, 6.07) is 9.85. The molecule has 3 aromatic rings. The van der Waals surface area contributed by atoms with Crippen molar-refractivity contribution in [2.45, 2.75) is 13.5 Å². The Morgan fingerprint density at radius 2 is 2.05 bits per heavy atom. The lowest BCUT2D eigenvalue weighted by Crippen LogP contribution is -2.21. The molecule has 8 heteroatoms. The molecule has 0 bridgehead atoms. The van der Waals surface area contributed by atoms with Gasteiger partial charge in [0.1, 0.15) is 18.7 Å². The summed E-state index contributed by atoms with van der Waals surface area (Å²) >= 11 is 0. The van der Waals surface area contributed by atoms with Gasteiger partial charge in [0.15, 0.2) is 0 Å². The van der Waals surface area contributed by atoms with E-state index in [9.17, 15) is 4.79 Å². The van der Waals surface area contributed by atoms with Crippen LogP contribution in [-0.2, 0) is 18.4 Å². The predicted molar refractivity (Wildman–Crippen MR) is 79.8 cm³/mol. The highest BCUT2D eigenvalue weighted by Gasteiger charge is 2.16. The van der Waals surface area contributed by atoms with E-state index in [0.717, 1.165) is 16.8 Å². The SMILES string of the molecule is Cc1c(-c2ccccc2)nn(C)c1NC(=O)Cn1cnnn1. The summed E-state index contributed by atoms with van der Waals surface area (Å²) in [5, 5.41) is 18.0. The van der Waals surface area contributed by atoms with Crippen molar-refractivity contribution in [2.75, 3.05) is 5.32 Å². The number of benzene rings is 1. The van der Waals surface area contributed by atoms with Gasteiger partial charge in [-0.1, -0.05) is 30.3 Å². The Kier molecular flexibility index (Phi) is 3.65. The molecule has 0 unspecified atom stereocenters. The Hall–Kier alpha value is -3.03. The summed E-state index contributed by atoms with van der Waals surface area (Å²) in [4.78, 5) is 12.1. The molecule has 0 saturated heterocycles. The van der Waals surface area contributed by atoms with E-state index < -0.39 is 0 Å². The highest BCUT2D eigenvalue weighted by atomic mass is 16.2. The zero-order valence-corrected chi connectivity index (χ0v) is 12.3. The number of amides is 1. The van der Waals surface area contributed by atoms with Crippen LogP contribution in [0.5, 0.6) is 0 Å². The van der Waals surface area contributed by atoms with E-state index in [1.807, 2.05) is 37.3 Å². The largest absolute Gasteiger partial charge is 0.309 e. The summed E-state index contributed by atoms with van der Waals surface area (Å²) in [5.41, 5.74) is 2.77. The fraction of sp³-hybridized carbons (Fsp3) is 0.214. The minimum Gasteiger partial charge on any atom is -0.309 e. The van der Waals surface area contributed by atoms with Crippen molar-refractivity contribution in [3.8, 4) is 11.3 Å². The highest BCUT2D eigenvalue weighted by molar-refractivity contribution is 5.91. The van der Waals surface area contributed by atoms with Crippen LogP contribution in [0.25, 0.3) is 11.3 Å². The molecule has 0 fully saturated rings. The molecule has 0 aliphatic carbocycles. The number of nitrogens with one attached hydrogen (secondary N) is 1. The quantitative estimate of drug-likeness (QED) is 0.776. The summed E-state index contributed by atoms with van der Waals surface area (Å²) in [5.74, 6) is 0.454. The van der Waals surface area contributed by atoms with Crippen LogP contribution in [0.2, 0.25) is 0 Å². The van der Waals surface area contributed by atoms with E-state index in [1.165, 1.54) is 11.0 Å². The first-order valence-corrected chi connectivity index (χ1v) is 6.75. The number of rotatable bonds is 4. The molecule has 3 rings (SSSR count). The number of anilines is 1. The van der Waals surface area contributed by atoms with Crippen molar-refractivity contribution in [3.05, 3.63) is 42.2 Å². The molecule has 0 saturated carbocycles. The number of aromatic nitrogens is 6. The van der Waals surface area contributed by atoms with E-state index in [0.29, 0.717) is 5.82 Å². The van der Waals surface area contributed by atoms with E-state index in [4.69, 9.17) is 0 Å². The van der Waals surface area contributed by atoms with Gasteiger partial charge in [-0.2, -0.15) is 5.10 Å². The molecule has 1 aromatic carbocycles. The topological polar surface area (TPSA) is 90.5 Å². The lowest BCUT2D eigenvalue weighted by atomic mass is 10.1. The predicted octanol–water partition coefficient (Wildman–Crippen LogP) is 1.02. The Balaban J connectivity index is 1.83. The first-order valence-electron chi connectivity index (χ1n) is 6.75.